The summed E-state index contributed by atoms with van der Waals surface area (Å²) in [6.07, 6.45) is 4.05. The van der Waals surface area contributed by atoms with Gasteiger partial charge in [-0.15, -0.1) is 17.0 Å². The Bertz CT molecular complexity index is 892. The van der Waals surface area contributed by atoms with Gasteiger partial charge < -0.3 is 15.0 Å². The zero-order valence-electron chi connectivity index (χ0n) is 16.4. The fourth-order valence-corrected chi connectivity index (χ4v) is 3.76. The van der Waals surface area contributed by atoms with E-state index in [9.17, 15) is 0 Å². The fraction of sp³-hybridized carbons (Fsp3) is 0.348. The highest BCUT2D eigenvalue weighted by atomic mass is 79.9. The summed E-state index contributed by atoms with van der Waals surface area (Å²) in [4.78, 5) is 7.43. The standard InChI is InChI=1S/C23H27N3O.BrH/c1-27-19-11-9-18(10-12-19)22-17-23(20-7-3-4-8-21(20)25-22)24-13-16-26-14-5-2-6-15-26;/h3-4,7-12,17H,2,5-6,13-16H2,1H3,(H,24,25);1H. The van der Waals surface area contributed by atoms with Crippen LogP contribution in [0.25, 0.3) is 22.2 Å². The molecule has 0 spiro atoms. The molecule has 0 saturated carbocycles. The molecule has 1 fully saturated rings. The zero-order valence-corrected chi connectivity index (χ0v) is 18.1. The number of halogens is 1. The highest BCUT2D eigenvalue weighted by Crippen LogP contribution is 2.29. The van der Waals surface area contributed by atoms with Crippen LogP contribution in [0.1, 0.15) is 19.3 Å². The first-order valence-electron chi connectivity index (χ1n) is 9.84. The molecule has 3 aromatic rings. The molecular formula is C23H28BrN3O. The number of hydrogen-bond acceptors (Lipinski definition) is 4. The smallest absolute Gasteiger partial charge is 0.118 e. The van der Waals surface area contributed by atoms with Crippen molar-refractivity contribution in [2.75, 3.05) is 38.6 Å². The van der Waals surface area contributed by atoms with Crippen molar-refractivity contribution in [1.82, 2.24) is 9.88 Å². The van der Waals surface area contributed by atoms with Crippen molar-refractivity contribution in [3.63, 3.8) is 0 Å². The van der Waals surface area contributed by atoms with E-state index in [4.69, 9.17) is 9.72 Å². The number of nitrogens with one attached hydrogen (secondary N) is 1. The molecule has 4 rings (SSSR count). The Balaban J connectivity index is 0.00000225. The maximum atomic E-state index is 5.27. The molecule has 148 valence electrons. The van der Waals surface area contributed by atoms with E-state index in [1.165, 1.54) is 37.7 Å². The van der Waals surface area contributed by atoms with E-state index in [1.807, 2.05) is 18.2 Å². The van der Waals surface area contributed by atoms with E-state index < -0.39 is 0 Å². The van der Waals surface area contributed by atoms with E-state index in [1.54, 1.807) is 7.11 Å². The van der Waals surface area contributed by atoms with Crippen LogP contribution in [0.3, 0.4) is 0 Å². The number of anilines is 1. The van der Waals surface area contributed by atoms with Crippen LogP contribution in [0.4, 0.5) is 5.69 Å². The number of para-hydroxylation sites is 1. The van der Waals surface area contributed by atoms with Gasteiger partial charge in [0.25, 0.3) is 0 Å². The normalized spacial score (nSPS) is 14.5. The van der Waals surface area contributed by atoms with E-state index in [2.05, 4.69) is 46.6 Å². The number of aromatic nitrogens is 1. The van der Waals surface area contributed by atoms with Gasteiger partial charge in [-0.2, -0.15) is 0 Å². The van der Waals surface area contributed by atoms with Crippen molar-refractivity contribution in [2.45, 2.75) is 19.3 Å². The molecule has 4 nitrogen and oxygen atoms in total. The fourth-order valence-electron chi connectivity index (χ4n) is 3.76. The second kappa shape index (κ2) is 9.89. The number of methoxy groups -OCH3 is 1. The topological polar surface area (TPSA) is 37.4 Å². The Morgan fingerprint density at radius 3 is 2.50 bits per heavy atom. The van der Waals surface area contributed by atoms with Crippen molar-refractivity contribution in [2.24, 2.45) is 0 Å². The predicted molar refractivity (Wildman–Crippen MR) is 123 cm³/mol. The number of nitrogens with zero attached hydrogens (tertiary/aromatic N) is 2. The molecule has 0 atom stereocenters. The third-order valence-corrected chi connectivity index (χ3v) is 5.29. The number of fused-ring (bicyclic) bond motifs is 1. The number of benzene rings is 2. The molecule has 5 heteroatoms. The van der Waals surface area contributed by atoms with Crippen LogP contribution in [0.15, 0.2) is 54.6 Å². The van der Waals surface area contributed by atoms with Crippen molar-refractivity contribution in [3.05, 3.63) is 54.6 Å². The first kappa shape index (κ1) is 20.6. The first-order valence-corrected chi connectivity index (χ1v) is 9.84. The van der Waals surface area contributed by atoms with Gasteiger partial charge in [0.15, 0.2) is 0 Å². The van der Waals surface area contributed by atoms with Gasteiger partial charge in [0.2, 0.25) is 0 Å². The van der Waals surface area contributed by atoms with Gasteiger partial charge in [-0.3, -0.25) is 0 Å². The second-order valence-corrected chi connectivity index (χ2v) is 7.13. The number of pyridine rings is 1. The Morgan fingerprint density at radius 1 is 1.00 bits per heavy atom. The van der Waals surface area contributed by atoms with E-state index in [-0.39, 0.29) is 17.0 Å². The third kappa shape index (κ3) is 4.83. The highest BCUT2D eigenvalue weighted by Gasteiger charge is 2.11. The molecule has 1 aromatic heterocycles. The molecule has 2 aromatic carbocycles. The summed E-state index contributed by atoms with van der Waals surface area (Å²) in [6.45, 7) is 4.51. The number of piperidine rings is 1. The lowest BCUT2D eigenvalue weighted by Crippen LogP contribution is -2.33. The molecule has 0 unspecified atom stereocenters. The monoisotopic (exact) mass is 441 g/mol. The molecule has 0 aliphatic carbocycles. The summed E-state index contributed by atoms with van der Waals surface area (Å²) in [5, 5.41) is 4.84. The Morgan fingerprint density at radius 2 is 1.75 bits per heavy atom. The molecular weight excluding hydrogens is 414 g/mol. The molecule has 0 bridgehead atoms. The third-order valence-electron chi connectivity index (χ3n) is 5.29. The van der Waals surface area contributed by atoms with Crippen molar-refractivity contribution >= 4 is 33.6 Å². The van der Waals surface area contributed by atoms with Crippen molar-refractivity contribution in [3.8, 4) is 17.0 Å². The zero-order chi connectivity index (χ0) is 18.5. The number of rotatable bonds is 6. The summed E-state index contributed by atoms with van der Waals surface area (Å²) < 4.78 is 5.27. The molecule has 1 aliphatic rings. The molecule has 0 amide bonds. The Kier molecular flexibility index (Phi) is 7.29. The quantitative estimate of drug-likeness (QED) is 0.556. The van der Waals surface area contributed by atoms with Gasteiger partial charge in [0.1, 0.15) is 5.75 Å². The van der Waals surface area contributed by atoms with Crippen LogP contribution in [-0.4, -0.2) is 43.2 Å². The highest BCUT2D eigenvalue weighted by molar-refractivity contribution is 8.93. The maximum absolute atomic E-state index is 5.27. The lowest BCUT2D eigenvalue weighted by atomic mass is 10.1. The average molecular weight is 442 g/mol. The van der Waals surface area contributed by atoms with Gasteiger partial charge in [-0.1, -0.05) is 24.6 Å². The molecule has 2 heterocycles. The Hall–Kier alpha value is -2.11. The van der Waals surface area contributed by atoms with Gasteiger partial charge in [-0.25, -0.2) is 4.98 Å². The number of likely N-dealkylation sites (tertiary alicyclic amines) is 1. The maximum Gasteiger partial charge on any atom is 0.118 e. The SMILES string of the molecule is Br.COc1ccc(-c2cc(NCCN3CCCCC3)c3ccccc3n2)cc1. The predicted octanol–water partition coefficient (Wildman–Crippen LogP) is 5.39. The van der Waals surface area contributed by atoms with Crippen LogP contribution >= 0.6 is 17.0 Å². The summed E-state index contributed by atoms with van der Waals surface area (Å²) in [5.74, 6) is 0.861. The second-order valence-electron chi connectivity index (χ2n) is 7.13. The lowest BCUT2D eigenvalue weighted by Gasteiger charge is -2.26. The van der Waals surface area contributed by atoms with Crippen LogP contribution < -0.4 is 10.1 Å². The summed E-state index contributed by atoms with van der Waals surface area (Å²) in [6, 6.07) is 18.6. The molecule has 1 N–H and O–H groups in total. The van der Waals surface area contributed by atoms with Crippen molar-refractivity contribution in [1.29, 1.82) is 0 Å². The molecule has 28 heavy (non-hydrogen) atoms. The van der Waals surface area contributed by atoms with Crippen LogP contribution in [0.5, 0.6) is 5.75 Å². The van der Waals surface area contributed by atoms with Gasteiger partial charge in [0, 0.05) is 29.7 Å². The number of ether oxygens (including phenoxy) is 1. The largest absolute Gasteiger partial charge is 0.497 e. The summed E-state index contributed by atoms with van der Waals surface area (Å²) in [5.41, 5.74) is 4.26. The average Bonchev–Trinajstić information content (AvgIpc) is 2.74. The van der Waals surface area contributed by atoms with E-state index in [0.29, 0.717) is 0 Å². The summed E-state index contributed by atoms with van der Waals surface area (Å²) >= 11 is 0. The number of hydrogen-bond donors (Lipinski definition) is 1. The van der Waals surface area contributed by atoms with Gasteiger partial charge >= 0.3 is 0 Å². The van der Waals surface area contributed by atoms with E-state index >= 15 is 0 Å². The molecule has 1 aliphatic heterocycles. The first-order chi connectivity index (χ1) is 13.3. The van der Waals surface area contributed by atoms with Crippen LogP contribution in [0.2, 0.25) is 0 Å². The van der Waals surface area contributed by atoms with Gasteiger partial charge in [-0.05, 0) is 62.3 Å². The minimum atomic E-state index is 0. The van der Waals surface area contributed by atoms with Gasteiger partial charge in [0.05, 0.1) is 18.3 Å². The Labute approximate surface area is 177 Å². The minimum absolute atomic E-state index is 0. The van der Waals surface area contributed by atoms with Crippen molar-refractivity contribution < 1.29 is 4.74 Å². The lowest BCUT2D eigenvalue weighted by molar-refractivity contribution is 0.237. The van der Waals surface area contributed by atoms with Crippen LogP contribution in [0, 0.1) is 0 Å². The van der Waals surface area contributed by atoms with E-state index in [0.717, 1.165) is 41.3 Å². The summed E-state index contributed by atoms with van der Waals surface area (Å²) in [7, 11) is 1.69. The molecule has 0 radical (unpaired) electrons. The van der Waals surface area contributed by atoms with Crippen LogP contribution in [-0.2, 0) is 0 Å². The molecule has 1 saturated heterocycles. The minimum Gasteiger partial charge on any atom is -0.497 e.